The van der Waals surface area contributed by atoms with Gasteiger partial charge in [0.25, 0.3) is 0 Å². The van der Waals surface area contributed by atoms with E-state index in [1.165, 1.54) is 14.2 Å². The van der Waals surface area contributed by atoms with Gasteiger partial charge in [-0.2, -0.15) is 25.3 Å². The predicted molar refractivity (Wildman–Crippen MR) is 121 cm³/mol. The molecule has 0 radical (unpaired) electrons. The summed E-state index contributed by atoms with van der Waals surface area (Å²) in [7, 11) is 2.67. The summed E-state index contributed by atoms with van der Waals surface area (Å²) in [4.78, 5) is 22.4. The van der Waals surface area contributed by atoms with Gasteiger partial charge < -0.3 is 60.2 Å². The highest BCUT2D eigenvalue weighted by atomic mass is 32.1. The second kappa shape index (κ2) is 15.4. The number of hydrogen-bond acceptors (Lipinski definition) is 14. The molecule has 2 heterocycles. The van der Waals surface area contributed by atoms with E-state index in [9.17, 15) is 30.0 Å². The van der Waals surface area contributed by atoms with Crippen molar-refractivity contribution >= 4 is 37.1 Å². The van der Waals surface area contributed by atoms with E-state index in [0.29, 0.717) is 0 Å². The lowest BCUT2D eigenvalue weighted by Crippen LogP contribution is -2.64. The molecule has 14 nitrogen and oxygen atoms in total. The van der Waals surface area contributed by atoms with Gasteiger partial charge in [0.15, 0.2) is 12.6 Å². The maximum absolute atomic E-state index is 11.2. The minimum Gasteiger partial charge on any atom is -0.394 e. The van der Waals surface area contributed by atoms with Crippen LogP contribution in [-0.2, 0) is 28.5 Å². The molecule has 2 amide bonds. The van der Waals surface area contributed by atoms with Gasteiger partial charge in [-0.1, -0.05) is 0 Å². The number of amides is 2. The summed E-state index contributed by atoms with van der Waals surface area (Å²) in [5, 5.41) is 61.7. The van der Waals surface area contributed by atoms with Crippen molar-refractivity contribution in [3.8, 4) is 0 Å². The number of carbonyl (C=O) groups excluding carboxylic acids is 2. The van der Waals surface area contributed by atoms with Crippen LogP contribution in [-0.4, -0.2) is 143 Å². The van der Waals surface area contributed by atoms with Crippen LogP contribution in [0.3, 0.4) is 0 Å². The summed E-state index contributed by atoms with van der Waals surface area (Å²) in [6.07, 6.45) is -8.92. The Hall–Kier alpha value is -0.760. The first kappa shape index (κ1) is 31.3. The van der Waals surface area contributed by atoms with E-state index >= 15 is 0 Å². The zero-order chi connectivity index (χ0) is 26.0. The third-order valence-electron chi connectivity index (χ3n) is 5.17. The van der Waals surface area contributed by atoms with E-state index in [-0.39, 0.29) is 11.5 Å². The van der Waals surface area contributed by atoms with Crippen molar-refractivity contribution in [2.45, 2.75) is 61.3 Å². The molecule has 0 aromatic rings. The Kier molecular flexibility index (Phi) is 14.1. The van der Waals surface area contributed by atoms with Crippen LogP contribution in [0.2, 0.25) is 0 Å². The normalized spacial score (nSPS) is 37.8. The van der Waals surface area contributed by atoms with E-state index in [0.717, 1.165) is 0 Å². The Morgan fingerprint density at radius 2 is 1.06 bits per heavy atom. The lowest BCUT2D eigenvalue weighted by atomic mass is 9.97. The first-order valence-electron chi connectivity index (χ1n) is 10.2. The quantitative estimate of drug-likeness (QED) is 0.132. The highest BCUT2D eigenvalue weighted by Gasteiger charge is 2.46. The number of aliphatic hydroxyl groups excluding tert-OH is 6. The number of carbonyl (C=O) groups is 2. The average Bonchev–Trinajstić information content (AvgIpc) is 2.85. The Balaban J connectivity index is 0.000000340. The molecule has 0 saturated carbocycles. The van der Waals surface area contributed by atoms with E-state index in [1.807, 2.05) is 0 Å². The Bertz CT molecular complexity index is 580. The zero-order valence-electron chi connectivity index (χ0n) is 18.6. The molecule has 8 N–H and O–H groups in total. The molecule has 0 aliphatic carbocycles. The minimum absolute atomic E-state index is 0.0564. The number of nitrogens with one attached hydrogen (secondary N) is 2. The summed E-state index contributed by atoms with van der Waals surface area (Å²) in [6.45, 7) is -0.906. The molecule has 10 atom stereocenters. The van der Waals surface area contributed by atoms with E-state index in [1.54, 1.807) is 0 Å². The number of rotatable bonds is 8. The number of ether oxygens (including phenoxy) is 4. The first-order chi connectivity index (χ1) is 16.1. The molecule has 2 rings (SSSR count). The van der Waals surface area contributed by atoms with Crippen LogP contribution in [0.1, 0.15) is 0 Å². The fourth-order valence-corrected chi connectivity index (χ4v) is 3.52. The molecule has 200 valence electrons. The van der Waals surface area contributed by atoms with Gasteiger partial charge in [-0.15, -0.1) is 0 Å². The van der Waals surface area contributed by atoms with Gasteiger partial charge in [0.05, 0.1) is 24.7 Å². The van der Waals surface area contributed by atoms with Crippen LogP contribution in [0.5, 0.6) is 0 Å². The summed E-state index contributed by atoms with van der Waals surface area (Å²) in [6, 6.07) is -1.81. The number of methoxy groups -OCH3 is 2. The Labute approximate surface area is 207 Å². The molecule has 2 aliphatic heterocycles. The van der Waals surface area contributed by atoms with Crippen molar-refractivity contribution < 1.29 is 59.2 Å². The smallest absolute Gasteiger partial charge is 0.230 e. The predicted octanol–water partition coefficient (Wildman–Crippen LogP) is -5.03. The van der Waals surface area contributed by atoms with Crippen LogP contribution in [0.15, 0.2) is 0 Å². The highest BCUT2D eigenvalue weighted by Crippen LogP contribution is 2.22. The lowest BCUT2D eigenvalue weighted by Gasteiger charge is -2.41. The number of hydrogen-bond donors (Lipinski definition) is 10. The first-order valence-corrected chi connectivity index (χ1v) is 11.5. The van der Waals surface area contributed by atoms with Crippen molar-refractivity contribution in [3.63, 3.8) is 0 Å². The van der Waals surface area contributed by atoms with Crippen LogP contribution >= 0.6 is 25.3 Å². The fraction of sp³-hybridized carbons (Fsp3) is 0.889. The molecule has 34 heavy (non-hydrogen) atoms. The number of thiol groups is 2. The lowest BCUT2D eigenvalue weighted by molar-refractivity contribution is -0.262. The topological polar surface area (TPSA) is 216 Å². The van der Waals surface area contributed by atoms with Gasteiger partial charge in [-0.3, -0.25) is 9.59 Å². The molecule has 4 unspecified atom stereocenters. The Morgan fingerprint density at radius 3 is 1.29 bits per heavy atom. The van der Waals surface area contributed by atoms with Gasteiger partial charge in [-0.05, 0) is 0 Å². The summed E-state index contributed by atoms with van der Waals surface area (Å²) >= 11 is 7.57. The van der Waals surface area contributed by atoms with Gasteiger partial charge in [0.1, 0.15) is 48.7 Å². The second-order valence-corrected chi connectivity index (χ2v) is 8.02. The maximum Gasteiger partial charge on any atom is 0.230 e. The van der Waals surface area contributed by atoms with Crippen molar-refractivity contribution in [2.75, 3.05) is 38.9 Å². The SMILES string of the molecule is CO[C@@H]1OC(CO)[C@@H](O)[C@H](O)C1NC(=O)CS.CO[C@@H]1OC(CO)[C@@H](O)[C@H](O)C1NC(=O)CS. The third-order valence-corrected chi connectivity index (χ3v) is 5.74. The standard InChI is InChI=1S/2C9H17NO6S/c2*1-15-9-6(10-5(12)3-17)8(14)7(13)4(2-11)16-9/h2*4,6-9,11,13-14,17H,2-3H2,1H3,(H,10,12)/t2*4?,6?,7-,8-,9-/m11/s1. The molecular weight excluding hydrogens is 500 g/mol. The van der Waals surface area contributed by atoms with E-state index in [2.05, 4.69) is 35.9 Å². The molecule has 2 fully saturated rings. The number of aliphatic hydroxyl groups is 6. The van der Waals surface area contributed by atoms with E-state index < -0.39 is 86.3 Å². The fourth-order valence-electron chi connectivity index (χ4n) is 3.34. The van der Waals surface area contributed by atoms with Crippen LogP contribution in [0.25, 0.3) is 0 Å². The van der Waals surface area contributed by atoms with Crippen LogP contribution < -0.4 is 10.6 Å². The average molecular weight is 535 g/mol. The van der Waals surface area contributed by atoms with Crippen molar-refractivity contribution in [1.29, 1.82) is 0 Å². The minimum atomic E-state index is -1.29. The zero-order valence-corrected chi connectivity index (χ0v) is 20.4. The van der Waals surface area contributed by atoms with Crippen LogP contribution in [0.4, 0.5) is 0 Å². The summed E-state index contributed by atoms with van der Waals surface area (Å²) in [5.74, 6) is -0.950. The third kappa shape index (κ3) is 8.14. The molecule has 2 saturated heterocycles. The molecule has 16 heteroatoms. The Morgan fingerprint density at radius 1 is 0.735 bits per heavy atom. The van der Waals surface area contributed by atoms with E-state index in [4.69, 9.17) is 29.2 Å². The van der Waals surface area contributed by atoms with Gasteiger partial charge in [0.2, 0.25) is 11.8 Å². The maximum atomic E-state index is 11.2. The summed E-state index contributed by atoms with van der Waals surface area (Å²) in [5.41, 5.74) is 0. The molecule has 0 bridgehead atoms. The van der Waals surface area contributed by atoms with Gasteiger partial charge in [0, 0.05) is 14.2 Å². The molecule has 0 spiro atoms. The van der Waals surface area contributed by atoms with Crippen LogP contribution in [0, 0.1) is 0 Å². The van der Waals surface area contributed by atoms with Crippen molar-refractivity contribution in [3.05, 3.63) is 0 Å². The summed E-state index contributed by atoms with van der Waals surface area (Å²) < 4.78 is 20.3. The van der Waals surface area contributed by atoms with Gasteiger partial charge in [-0.25, -0.2) is 0 Å². The molecule has 2 aliphatic rings. The monoisotopic (exact) mass is 534 g/mol. The largest absolute Gasteiger partial charge is 0.394 e. The second-order valence-electron chi connectivity index (χ2n) is 7.39. The highest BCUT2D eigenvalue weighted by molar-refractivity contribution is 7.81. The molecular formula is C18H34N2O12S2. The van der Waals surface area contributed by atoms with Gasteiger partial charge >= 0.3 is 0 Å². The van der Waals surface area contributed by atoms with Crippen molar-refractivity contribution in [1.82, 2.24) is 10.6 Å². The molecule has 0 aromatic heterocycles. The molecule has 0 aromatic carbocycles. The van der Waals surface area contributed by atoms with Crippen molar-refractivity contribution in [2.24, 2.45) is 0 Å².